The van der Waals surface area contributed by atoms with Crippen molar-refractivity contribution in [2.24, 2.45) is 7.05 Å². The Morgan fingerprint density at radius 3 is 2.79 bits per heavy atom. The fourth-order valence-corrected chi connectivity index (χ4v) is 3.43. The molecular formula is C21H26N4O4. The third-order valence-corrected chi connectivity index (χ3v) is 4.89. The first-order chi connectivity index (χ1) is 13.9. The van der Waals surface area contributed by atoms with Crippen molar-refractivity contribution in [2.45, 2.75) is 26.7 Å². The van der Waals surface area contributed by atoms with Crippen LogP contribution in [0.5, 0.6) is 11.5 Å². The first kappa shape index (κ1) is 20.4. The number of benzene rings is 1. The second-order valence-corrected chi connectivity index (χ2v) is 6.87. The minimum atomic E-state index is -0.174. The molecule has 0 aliphatic carbocycles. The molecule has 2 heterocycles. The van der Waals surface area contributed by atoms with Crippen LogP contribution in [-0.4, -0.2) is 40.9 Å². The molecule has 3 rings (SSSR count). The van der Waals surface area contributed by atoms with Crippen LogP contribution < -0.4 is 20.3 Å². The maximum absolute atomic E-state index is 12.4. The van der Waals surface area contributed by atoms with E-state index >= 15 is 0 Å². The van der Waals surface area contributed by atoms with Gasteiger partial charge in [0.1, 0.15) is 23.8 Å². The topological polar surface area (TPSA) is 98.2 Å². The molecule has 8 heteroatoms. The SMILES string of the molecule is COc1cccc(OCCNC(=O)CCc2c(C)c3c(C)nn(C)c3[nH]c2=O)c1. The van der Waals surface area contributed by atoms with E-state index in [1.807, 2.05) is 32.0 Å². The van der Waals surface area contributed by atoms with Crippen molar-refractivity contribution < 1.29 is 14.3 Å². The van der Waals surface area contributed by atoms with Crippen molar-refractivity contribution >= 4 is 16.9 Å². The first-order valence-electron chi connectivity index (χ1n) is 9.49. The van der Waals surface area contributed by atoms with Crippen LogP contribution in [0.15, 0.2) is 29.1 Å². The number of carbonyl (C=O) groups is 1. The van der Waals surface area contributed by atoms with Crippen LogP contribution in [0, 0.1) is 13.8 Å². The Hall–Kier alpha value is -3.29. The number of aromatic amines is 1. The van der Waals surface area contributed by atoms with E-state index in [1.54, 1.807) is 24.9 Å². The molecule has 0 aliphatic rings. The lowest BCUT2D eigenvalue weighted by atomic mass is 10.0. The van der Waals surface area contributed by atoms with Crippen molar-refractivity contribution in [2.75, 3.05) is 20.3 Å². The molecule has 0 unspecified atom stereocenters. The zero-order chi connectivity index (χ0) is 21.0. The van der Waals surface area contributed by atoms with Crippen LogP contribution in [0.3, 0.4) is 0 Å². The highest BCUT2D eigenvalue weighted by atomic mass is 16.5. The van der Waals surface area contributed by atoms with Crippen LogP contribution in [0.4, 0.5) is 0 Å². The van der Waals surface area contributed by atoms with Gasteiger partial charge in [-0.05, 0) is 38.0 Å². The molecule has 0 saturated carbocycles. The van der Waals surface area contributed by atoms with E-state index < -0.39 is 0 Å². The van der Waals surface area contributed by atoms with Gasteiger partial charge in [0.05, 0.1) is 19.3 Å². The summed E-state index contributed by atoms with van der Waals surface area (Å²) in [5.74, 6) is 1.27. The molecular weight excluding hydrogens is 372 g/mol. The number of pyridine rings is 1. The molecule has 1 aromatic carbocycles. The predicted octanol–water partition coefficient (Wildman–Crippen LogP) is 2.01. The molecule has 0 fully saturated rings. The summed E-state index contributed by atoms with van der Waals surface area (Å²) in [7, 11) is 3.39. The van der Waals surface area contributed by atoms with Gasteiger partial charge in [-0.2, -0.15) is 5.10 Å². The van der Waals surface area contributed by atoms with Gasteiger partial charge in [-0.3, -0.25) is 14.3 Å². The lowest BCUT2D eigenvalue weighted by molar-refractivity contribution is -0.121. The standard InChI is InChI=1S/C21H26N4O4/c1-13-17(21(27)23-20-19(13)14(2)24-25(20)3)8-9-18(26)22-10-11-29-16-7-5-6-15(12-16)28-4/h5-7,12H,8-11H2,1-4H3,(H,22,26)(H,23,27). The summed E-state index contributed by atoms with van der Waals surface area (Å²) in [6.07, 6.45) is 0.599. The quantitative estimate of drug-likeness (QED) is 0.566. The maximum Gasteiger partial charge on any atom is 0.253 e. The van der Waals surface area contributed by atoms with Gasteiger partial charge >= 0.3 is 0 Å². The van der Waals surface area contributed by atoms with E-state index in [9.17, 15) is 9.59 Å². The molecule has 1 amide bonds. The molecule has 0 saturated heterocycles. The van der Waals surface area contributed by atoms with E-state index in [2.05, 4.69) is 15.4 Å². The van der Waals surface area contributed by atoms with E-state index in [-0.39, 0.29) is 17.9 Å². The number of ether oxygens (including phenoxy) is 2. The van der Waals surface area contributed by atoms with E-state index in [4.69, 9.17) is 9.47 Å². The molecule has 8 nitrogen and oxygen atoms in total. The summed E-state index contributed by atoms with van der Waals surface area (Å²) in [6.45, 7) is 4.54. The Morgan fingerprint density at radius 1 is 1.28 bits per heavy atom. The molecule has 3 aromatic rings. The minimum absolute atomic E-state index is 0.124. The van der Waals surface area contributed by atoms with Gasteiger partial charge in [-0.15, -0.1) is 0 Å². The number of amides is 1. The monoisotopic (exact) mass is 398 g/mol. The predicted molar refractivity (Wildman–Crippen MR) is 111 cm³/mol. The van der Waals surface area contributed by atoms with Gasteiger partial charge in [0.25, 0.3) is 5.56 Å². The number of aromatic nitrogens is 3. The number of rotatable bonds is 8. The lowest BCUT2D eigenvalue weighted by Crippen LogP contribution is -2.29. The second kappa shape index (κ2) is 8.81. The summed E-state index contributed by atoms with van der Waals surface area (Å²) in [5.41, 5.74) is 2.89. The number of fused-ring (bicyclic) bond motifs is 1. The van der Waals surface area contributed by atoms with Crippen LogP contribution in [0.1, 0.15) is 23.2 Å². The largest absolute Gasteiger partial charge is 0.497 e. The second-order valence-electron chi connectivity index (χ2n) is 6.87. The molecule has 0 spiro atoms. The van der Waals surface area contributed by atoms with Gasteiger partial charge in [0.2, 0.25) is 5.91 Å². The van der Waals surface area contributed by atoms with Crippen molar-refractivity contribution in [3.05, 3.63) is 51.4 Å². The average Bonchev–Trinajstić information content (AvgIpc) is 2.98. The Bertz CT molecular complexity index is 1080. The molecule has 0 radical (unpaired) electrons. The summed E-state index contributed by atoms with van der Waals surface area (Å²) in [5, 5.41) is 8.12. The van der Waals surface area contributed by atoms with Gasteiger partial charge in [0, 0.05) is 30.5 Å². The highest BCUT2D eigenvalue weighted by Gasteiger charge is 2.15. The van der Waals surface area contributed by atoms with Gasteiger partial charge < -0.3 is 19.8 Å². The molecule has 2 N–H and O–H groups in total. The Morgan fingerprint density at radius 2 is 2.03 bits per heavy atom. The summed E-state index contributed by atoms with van der Waals surface area (Å²) in [6, 6.07) is 7.29. The van der Waals surface area contributed by atoms with E-state index in [1.165, 1.54) is 0 Å². The minimum Gasteiger partial charge on any atom is -0.497 e. The highest BCUT2D eigenvalue weighted by Crippen LogP contribution is 2.21. The number of carbonyl (C=O) groups excluding carboxylic acids is 1. The van der Waals surface area contributed by atoms with Crippen LogP contribution in [0.25, 0.3) is 11.0 Å². The Balaban J connectivity index is 1.53. The van der Waals surface area contributed by atoms with Crippen molar-refractivity contribution in [3.63, 3.8) is 0 Å². The fraction of sp³-hybridized carbons (Fsp3) is 0.381. The number of nitrogens with one attached hydrogen (secondary N) is 2. The zero-order valence-corrected chi connectivity index (χ0v) is 17.2. The third-order valence-electron chi connectivity index (χ3n) is 4.89. The Kier molecular flexibility index (Phi) is 6.21. The van der Waals surface area contributed by atoms with E-state index in [0.717, 1.165) is 16.6 Å². The Labute approximate surface area is 168 Å². The fourth-order valence-electron chi connectivity index (χ4n) is 3.43. The molecule has 29 heavy (non-hydrogen) atoms. The highest BCUT2D eigenvalue weighted by molar-refractivity contribution is 5.83. The summed E-state index contributed by atoms with van der Waals surface area (Å²) < 4.78 is 12.4. The van der Waals surface area contributed by atoms with Crippen molar-refractivity contribution in [1.29, 1.82) is 0 Å². The molecule has 0 aliphatic heterocycles. The van der Waals surface area contributed by atoms with Crippen LogP contribution in [0.2, 0.25) is 0 Å². The molecule has 0 bridgehead atoms. The molecule has 2 aromatic heterocycles. The maximum atomic E-state index is 12.4. The van der Waals surface area contributed by atoms with Crippen LogP contribution in [-0.2, 0) is 18.3 Å². The summed E-state index contributed by atoms with van der Waals surface area (Å²) in [4.78, 5) is 27.5. The number of hydrogen-bond acceptors (Lipinski definition) is 5. The van der Waals surface area contributed by atoms with Gasteiger partial charge in [-0.1, -0.05) is 6.07 Å². The zero-order valence-electron chi connectivity index (χ0n) is 17.2. The average molecular weight is 398 g/mol. The third kappa shape index (κ3) is 4.59. The lowest BCUT2D eigenvalue weighted by Gasteiger charge is -2.10. The number of hydrogen-bond donors (Lipinski definition) is 2. The van der Waals surface area contributed by atoms with E-state index in [0.29, 0.717) is 42.3 Å². The number of aryl methyl sites for hydroxylation is 3. The summed E-state index contributed by atoms with van der Waals surface area (Å²) >= 11 is 0. The number of H-pyrrole nitrogens is 1. The first-order valence-corrected chi connectivity index (χ1v) is 9.49. The number of methoxy groups -OCH3 is 1. The van der Waals surface area contributed by atoms with Crippen molar-refractivity contribution in [1.82, 2.24) is 20.1 Å². The van der Waals surface area contributed by atoms with Crippen LogP contribution >= 0.6 is 0 Å². The molecule has 154 valence electrons. The van der Waals surface area contributed by atoms with Gasteiger partial charge in [0.15, 0.2) is 0 Å². The smallest absolute Gasteiger partial charge is 0.253 e. The number of nitrogens with zero attached hydrogens (tertiary/aromatic N) is 2. The molecule has 0 atom stereocenters. The normalized spacial score (nSPS) is 10.9. The van der Waals surface area contributed by atoms with Crippen molar-refractivity contribution in [3.8, 4) is 11.5 Å². The van der Waals surface area contributed by atoms with Gasteiger partial charge in [-0.25, -0.2) is 0 Å².